The fourth-order valence-corrected chi connectivity index (χ4v) is 4.11. The highest BCUT2D eigenvalue weighted by Crippen LogP contribution is 2.18. The summed E-state index contributed by atoms with van der Waals surface area (Å²) in [6.07, 6.45) is 0. The quantitative estimate of drug-likeness (QED) is 0.922. The predicted molar refractivity (Wildman–Crippen MR) is 78.6 cm³/mol. The van der Waals surface area contributed by atoms with E-state index in [-0.39, 0.29) is 4.38 Å². The molecule has 0 bridgehead atoms. The number of carbonyl (C=O) groups is 1. The maximum atomic E-state index is 11.9. The first-order valence-corrected chi connectivity index (χ1v) is 8.44. The second-order valence-corrected chi connectivity index (χ2v) is 7.49. The molecule has 0 fully saturated rings. The van der Waals surface area contributed by atoms with E-state index in [4.69, 9.17) is 11.6 Å². The van der Waals surface area contributed by atoms with E-state index in [2.05, 4.69) is 10.3 Å². The highest BCUT2D eigenvalue weighted by Gasteiger charge is 2.26. The van der Waals surface area contributed by atoms with Gasteiger partial charge in [-0.3, -0.25) is 9.79 Å². The lowest BCUT2D eigenvalue weighted by molar-refractivity contribution is -0.113. The van der Waals surface area contributed by atoms with Crippen molar-refractivity contribution < 1.29 is 13.2 Å². The van der Waals surface area contributed by atoms with Crippen molar-refractivity contribution >= 4 is 49.2 Å². The number of aliphatic imine (C=N–C) groups is 1. The van der Waals surface area contributed by atoms with Crippen molar-refractivity contribution in [1.82, 2.24) is 0 Å². The molecule has 1 N–H and O–H groups in total. The lowest BCUT2D eigenvalue weighted by Gasteiger charge is -2.06. The summed E-state index contributed by atoms with van der Waals surface area (Å²) in [4.78, 5) is 15.6. The molecule has 0 spiro atoms. The van der Waals surface area contributed by atoms with E-state index in [1.807, 2.05) is 0 Å². The molecule has 0 unspecified atom stereocenters. The minimum Gasteiger partial charge on any atom is -0.325 e. The first-order chi connectivity index (χ1) is 8.97. The summed E-state index contributed by atoms with van der Waals surface area (Å²) in [5, 5.41) is 3.05. The Morgan fingerprint density at radius 2 is 2.05 bits per heavy atom. The molecule has 0 atom stereocenters. The van der Waals surface area contributed by atoms with E-state index in [9.17, 15) is 13.2 Å². The van der Waals surface area contributed by atoms with Crippen LogP contribution < -0.4 is 5.32 Å². The van der Waals surface area contributed by atoms with Crippen molar-refractivity contribution in [3.8, 4) is 0 Å². The van der Waals surface area contributed by atoms with E-state index in [1.165, 1.54) is 0 Å². The number of carbonyl (C=O) groups excluding carboxylic acids is 1. The summed E-state index contributed by atoms with van der Waals surface area (Å²) in [7, 11) is -3.61. The minimum absolute atomic E-state index is 0.0544. The lowest BCUT2D eigenvalue weighted by Crippen LogP contribution is -2.26. The molecule has 1 amide bonds. The average molecular weight is 319 g/mol. The molecule has 0 aliphatic carbocycles. The van der Waals surface area contributed by atoms with Gasteiger partial charge in [0, 0.05) is 16.5 Å². The Morgan fingerprint density at radius 1 is 1.37 bits per heavy atom. The zero-order valence-corrected chi connectivity index (χ0v) is 12.2. The number of hydrogen-bond acceptors (Lipinski definition) is 5. The molecule has 102 valence electrons. The summed E-state index contributed by atoms with van der Waals surface area (Å²) in [6.45, 7) is 0.484. The normalized spacial score (nSPS) is 15.1. The number of hydrogen-bond donors (Lipinski definition) is 1. The van der Waals surface area contributed by atoms with Gasteiger partial charge in [-0.1, -0.05) is 23.4 Å². The van der Waals surface area contributed by atoms with Crippen LogP contribution in [0, 0.1) is 0 Å². The third-order valence-electron chi connectivity index (χ3n) is 2.27. The highest BCUT2D eigenvalue weighted by atomic mass is 35.5. The maximum absolute atomic E-state index is 11.9. The van der Waals surface area contributed by atoms with Gasteiger partial charge in [0.1, 0.15) is 5.75 Å². The van der Waals surface area contributed by atoms with Crippen LogP contribution in [0.25, 0.3) is 0 Å². The molecule has 1 aromatic carbocycles. The third kappa shape index (κ3) is 3.95. The highest BCUT2D eigenvalue weighted by molar-refractivity contribution is 8.35. The van der Waals surface area contributed by atoms with Gasteiger partial charge in [-0.25, -0.2) is 8.42 Å². The van der Waals surface area contributed by atoms with Crippen molar-refractivity contribution in [1.29, 1.82) is 0 Å². The lowest BCUT2D eigenvalue weighted by atomic mass is 10.3. The number of benzene rings is 1. The van der Waals surface area contributed by atoms with Crippen LogP contribution in [-0.2, 0) is 14.6 Å². The molecule has 1 heterocycles. The van der Waals surface area contributed by atoms with Gasteiger partial charge in [0.25, 0.3) is 0 Å². The van der Waals surface area contributed by atoms with Gasteiger partial charge >= 0.3 is 0 Å². The topological polar surface area (TPSA) is 75.6 Å². The van der Waals surface area contributed by atoms with Crippen LogP contribution in [0.5, 0.6) is 0 Å². The SMILES string of the molecule is O=C(CS(=O)(=O)C1=NCCS1)Nc1ccc(Cl)cc1. The standard InChI is InChI=1S/C11H11ClN2O3S2/c12-8-1-3-9(4-2-8)14-10(15)7-19(16,17)11-13-5-6-18-11/h1-4H,5-7H2,(H,14,15). The molecule has 1 aliphatic rings. The summed E-state index contributed by atoms with van der Waals surface area (Å²) in [6, 6.07) is 6.44. The number of anilines is 1. The minimum atomic E-state index is -3.61. The first kappa shape index (κ1) is 14.4. The number of nitrogens with one attached hydrogen (secondary N) is 1. The molecule has 0 radical (unpaired) electrons. The fraction of sp³-hybridized carbons (Fsp3) is 0.273. The Hall–Kier alpha value is -1.05. The molecule has 1 aromatic rings. The van der Waals surface area contributed by atoms with Crippen molar-refractivity contribution in [3.63, 3.8) is 0 Å². The molecule has 8 heteroatoms. The van der Waals surface area contributed by atoms with Crippen LogP contribution >= 0.6 is 23.4 Å². The number of thioether (sulfide) groups is 1. The van der Waals surface area contributed by atoms with E-state index in [0.717, 1.165) is 11.8 Å². The van der Waals surface area contributed by atoms with Crippen LogP contribution in [-0.4, -0.2) is 36.8 Å². The van der Waals surface area contributed by atoms with Crippen LogP contribution in [0.15, 0.2) is 29.3 Å². The number of halogens is 1. The van der Waals surface area contributed by atoms with Crippen LogP contribution in [0.1, 0.15) is 0 Å². The summed E-state index contributed by atoms with van der Waals surface area (Å²) in [5.74, 6) is -0.535. The van der Waals surface area contributed by atoms with Gasteiger partial charge in [0.15, 0.2) is 4.38 Å². The number of rotatable bonds is 3. The van der Waals surface area contributed by atoms with Gasteiger partial charge in [-0.2, -0.15) is 0 Å². The maximum Gasteiger partial charge on any atom is 0.240 e. The molecule has 0 saturated heterocycles. The Balaban J connectivity index is 1.99. The summed E-state index contributed by atoms with van der Waals surface area (Å²) in [5.41, 5.74) is 0.505. The number of sulfone groups is 1. The van der Waals surface area contributed by atoms with Crippen molar-refractivity contribution in [3.05, 3.63) is 29.3 Å². The monoisotopic (exact) mass is 318 g/mol. The predicted octanol–water partition coefficient (Wildman–Crippen LogP) is 1.80. The van der Waals surface area contributed by atoms with E-state index in [0.29, 0.717) is 23.0 Å². The molecule has 1 aliphatic heterocycles. The summed E-state index contributed by atoms with van der Waals surface area (Å²) >= 11 is 6.88. The zero-order valence-electron chi connectivity index (χ0n) is 9.80. The van der Waals surface area contributed by atoms with Crippen molar-refractivity contribution in [2.45, 2.75) is 0 Å². The molecule has 5 nitrogen and oxygen atoms in total. The van der Waals surface area contributed by atoms with Gasteiger partial charge in [-0.05, 0) is 24.3 Å². The largest absolute Gasteiger partial charge is 0.325 e. The molecular formula is C11H11ClN2O3S2. The molecule has 0 saturated carbocycles. The Kier molecular flexibility index (Phi) is 4.49. The average Bonchev–Trinajstić information content (AvgIpc) is 2.85. The summed E-state index contributed by atoms with van der Waals surface area (Å²) < 4.78 is 23.8. The Labute approximate surface area is 120 Å². The van der Waals surface area contributed by atoms with Crippen LogP contribution in [0.3, 0.4) is 0 Å². The Morgan fingerprint density at radius 3 is 2.63 bits per heavy atom. The van der Waals surface area contributed by atoms with E-state index >= 15 is 0 Å². The smallest absolute Gasteiger partial charge is 0.240 e. The molecule has 19 heavy (non-hydrogen) atoms. The van der Waals surface area contributed by atoms with Gasteiger partial charge in [0.05, 0.1) is 6.54 Å². The molecule has 0 aromatic heterocycles. The third-order valence-corrected chi connectivity index (χ3v) is 5.71. The second kappa shape index (κ2) is 5.94. The number of nitrogens with zero attached hydrogens (tertiary/aromatic N) is 1. The van der Waals surface area contributed by atoms with Gasteiger partial charge in [-0.15, -0.1) is 0 Å². The fourth-order valence-electron chi connectivity index (χ4n) is 1.47. The van der Waals surface area contributed by atoms with Gasteiger partial charge < -0.3 is 5.32 Å². The van der Waals surface area contributed by atoms with Crippen molar-refractivity contribution in [2.24, 2.45) is 4.99 Å². The second-order valence-electron chi connectivity index (χ2n) is 3.81. The van der Waals surface area contributed by atoms with Crippen molar-refractivity contribution in [2.75, 3.05) is 23.4 Å². The zero-order chi connectivity index (χ0) is 13.9. The molecule has 2 rings (SSSR count). The first-order valence-electron chi connectivity index (χ1n) is 5.43. The number of amides is 1. The van der Waals surface area contributed by atoms with Gasteiger partial charge in [0.2, 0.25) is 15.7 Å². The Bertz CT molecular complexity index is 611. The van der Waals surface area contributed by atoms with E-state index < -0.39 is 21.5 Å². The molecular weight excluding hydrogens is 308 g/mol. The van der Waals surface area contributed by atoms with Crippen LogP contribution in [0.4, 0.5) is 5.69 Å². The van der Waals surface area contributed by atoms with Crippen LogP contribution in [0.2, 0.25) is 5.02 Å². The van der Waals surface area contributed by atoms with E-state index in [1.54, 1.807) is 24.3 Å².